The molecule has 2 heteroatoms. The third kappa shape index (κ3) is 2.12. The first kappa shape index (κ1) is 7.93. The first-order chi connectivity index (χ1) is 5.45. The van der Waals surface area contributed by atoms with Crippen LogP contribution in [0.2, 0.25) is 0 Å². The maximum Gasteiger partial charge on any atom is 0.103 e. The summed E-state index contributed by atoms with van der Waals surface area (Å²) in [4.78, 5) is 0. The minimum atomic E-state index is 0.554. The van der Waals surface area contributed by atoms with Gasteiger partial charge in [0.1, 0.15) is 5.44 Å². The number of hydrogen-bond acceptors (Lipinski definition) is 2. The minimum Gasteiger partial charge on any atom is -0.368 e. The van der Waals surface area contributed by atoms with E-state index in [1.807, 2.05) is 0 Å². The molecule has 0 aromatic carbocycles. The maximum atomic E-state index is 5.58. The summed E-state index contributed by atoms with van der Waals surface area (Å²) < 4.78 is 5.58. The van der Waals surface area contributed by atoms with Gasteiger partial charge in [0.25, 0.3) is 0 Å². The van der Waals surface area contributed by atoms with Gasteiger partial charge in [0.05, 0.1) is 0 Å². The van der Waals surface area contributed by atoms with Crippen molar-refractivity contribution in [1.29, 1.82) is 0 Å². The second-order valence-corrected chi connectivity index (χ2v) is 4.95. The van der Waals surface area contributed by atoms with Gasteiger partial charge in [-0.25, -0.2) is 0 Å². The largest absolute Gasteiger partial charge is 0.368 e. The SMILES string of the molecule is C1CCC(SC2CCCO2)C1. The Hall–Kier alpha value is 0.310. The molecule has 0 bridgehead atoms. The lowest BCUT2D eigenvalue weighted by molar-refractivity contribution is 0.173. The van der Waals surface area contributed by atoms with Gasteiger partial charge < -0.3 is 4.74 Å². The van der Waals surface area contributed by atoms with Crippen molar-refractivity contribution >= 4 is 11.8 Å². The van der Waals surface area contributed by atoms with Gasteiger partial charge in [-0.15, -0.1) is 11.8 Å². The molecule has 1 heterocycles. The quantitative estimate of drug-likeness (QED) is 0.633. The Morgan fingerprint density at radius 2 is 1.82 bits per heavy atom. The molecule has 1 aliphatic carbocycles. The predicted molar refractivity (Wildman–Crippen MR) is 48.8 cm³/mol. The molecule has 2 fully saturated rings. The summed E-state index contributed by atoms with van der Waals surface area (Å²) in [5.74, 6) is 0. The standard InChI is InChI=1S/C9H16OS/c1-2-5-8(4-1)11-9-6-3-7-10-9/h8-9H,1-7H2. The zero-order valence-corrected chi connectivity index (χ0v) is 7.74. The molecule has 1 saturated carbocycles. The van der Waals surface area contributed by atoms with Crippen LogP contribution in [0, 0.1) is 0 Å². The van der Waals surface area contributed by atoms with E-state index in [9.17, 15) is 0 Å². The van der Waals surface area contributed by atoms with Gasteiger partial charge in [-0.05, 0) is 25.7 Å². The highest BCUT2D eigenvalue weighted by Gasteiger charge is 2.23. The summed E-state index contributed by atoms with van der Waals surface area (Å²) in [5.41, 5.74) is 0.554. The predicted octanol–water partition coefficient (Wildman–Crippen LogP) is 2.80. The van der Waals surface area contributed by atoms with Crippen LogP contribution in [0.4, 0.5) is 0 Å². The molecule has 2 rings (SSSR count). The lowest BCUT2D eigenvalue weighted by atomic mass is 10.4. The van der Waals surface area contributed by atoms with E-state index >= 15 is 0 Å². The molecule has 0 spiro atoms. The highest BCUT2D eigenvalue weighted by Crippen LogP contribution is 2.35. The van der Waals surface area contributed by atoms with Crippen molar-refractivity contribution in [3.05, 3.63) is 0 Å². The van der Waals surface area contributed by atoms with Crippen molar-refractivity contribution in [3.63, 3.8) is 0 Å². The van der Waals surface area contributed by atoms with Crippen LogP contribution in [0.1, 0.15) is 38.5 Å². The summed E-state index contributed by atoms with van der Waals surface area (Å²) in [5, 5.41) is 0.929. The molecule has 1 saturated heterocycles. The fraction of sp³-hybridized carbons (Fsp3) is 1.00. The first-order valence-corrected chi connectivity index (χ1v) is 5.66. The topological polar surface area (TPSA) is 9.23 Å². The molecule has 0 aromatic rings. The fourth-order valence-corrected chi connectivity index (χ4v) is 3.41. The molecule has 0 amide bonds. The molecule has 1 atom stereocenters. The highest BCUT2D eigenvalue weighted by atomic mass is 32.2. The maximum absolute atomic E-state index is 5.58. The van der Waals surface area contributed by atoms with Gasteiger partial charge in [-0.2, -0.15) is 0 Å². The fourth-order valence-electron chi connectivity index (χ4n) is 1.89. The molecule has 0 radical (unpaired) electrons. The normalized spacial score (nSPS) is 33.3. The third-order valence-electron chi connectivity index (χ3n) is 2.53. The second kappa shape index (κ2) is 3.81. The summed E-state index contributed by atoms with van der Waals surface area (Å²) in [6, 6.07) is 0. The minimum absolute atomic E-state index is 0.554. The van der Waals surface area contributed by atoms with E-state index in [4.69, 9.17) is 4.74 Å². The molecule has 11 heavy (non-hydrogen) atoms. The number of rotatable bonds is 2. The van der Waals surface area contributed by atoms with Crippen LogP contribution < -0.4 is 0 Å². The number of hydrogen-bond donors (Lipinski definition) is 0. The van der Waals surface area contributed by atoms with Crippen LogP contribution in [-0.2, 0) is 4.74 Å². The Labute approximate surface area is 72.9 Å². The van der Waals surface area contributed by atoms with Gasteiger partial charge in [0.15, 0.2) is 0 Å². The number of ether oxygens (including phenoxy) is 1. The van der Waals surface area contributed by atoms with Crippen LogP contribution >= 0.6 is 11.8 Å². The van der Waals surface area contributed by atoms with Crippen molar-refractivity contribution in [3.8, 4) is 0 Å². The van der Waals surface area contributed by atoms with Gasteiger partial charge in [0, 0.05) is 11.9 Å². The van der Waals surface area contributed by atoms with Gasteiger partial charge in [0.2, 0.25) is 0 Å². The van der Waals surface area contributed by atoms with Crippen molar-refractivity contribution in [2.24, 2.45) is 0 Å². The number of thioether (sulfide) groups is 1. The van der Waals surface area contributed by atoms with E-state index in [1.54, 1.807) is 0 Å². The van der Waals surface area contributed by atoms with Gasteiger partial charge in [-0.3, -0.25) is 0 Å². The zero-order chi connectivity index (χ0) is 7.52. The Kier molecular flexibility index (Phi) is 2.75. The second-order valence-electron chi connectivity index (χ2n) is 3.49. The van der Waals surface area contributed by atoms with E-state index < -0.39 is 0 Å². The van der Waals surface area contributed by atoms with E-state index in [1.165, 1.54) is 38.5 Å². The van der Waals surface area contributed by atoms with Gasteiger partial charge >= 0.3 is 0 Å². The van der Waals surface area contributed by atoms with Crippen LogP contribution in [0.5, 0.6) is 0 Å². The van der Waals surface area contributed by atoms with Crippen molar-refractivity contribution in [2.45, 2.75) is 49.2 Å². The molecular weight excluding hydrogens is 156 g/mol. The molecule has 1 nitrogen and oxygen atoms in total. The van der Waals surface area contributed by atoms with Crippen molar-refractivity contribution < 1.29 is 4.74 Å². The zero-order valence-electron chi connectivity index (χ0n) is 6.92. The molecule has 1 aliphatic heterocycles. The summed E-state index contributed by atoms with van der Waals surface area (Å²) in [7, 11) is 0. The summed E-state index contributed by atoms with van der Waals surface area (Å²) >= 11 is 2.09. The van der Waals surface area contributed by atoms with Crippen molar-refractivity contribution in [2.75, 3.05) is 6.61 Å². The van der Waals surface area contributed by atoms with Crippen LogP contribution in [0.3, 0.4) is 0 Å². The average Bonchev–Trinajstić information content (AvgIpc) is 2.60. The Morgan fingerprint density at radius 3 is 2.45 bits per heavy atom. The highest BCUT2D eigenvalue weighted by molar-refractivity contribution is 8.00. The Bertz CT molecular complexity index is 101. The molecule has 64 valence electrons. The summed E-state index contributed by atoms with van der Waals surface area (Å²) in [6.07, 6.45) is 8.34. The van der Waals surface area contributed by atoms with Crippen LogP contribution in [0.25, 0.3) is 0 Å². The molecule has 1 unspecified atom stereocenters. The smallest absolute Gasteiger partial charge is 0.103 e. The molecule has 0 N–H and O–H groups in total. The van der Waals surface area contributed by atoms with E-state index in [0.717, 1.165) is 11.9 Å². The lowest BCUT2D eigenvalue weighted by Crippen LogP contribution is -2.05. The Morgan fingerprint density at radius 1 is 1.00 bits per heavy atom. The van der Waals surface area contributed by atoms with Crippen molar-refractivity contribution in [1.82, 2.24) is 0 Å². The first-order valence-electron chi connectivity index (χ1n) is 4.72. The average molecular weight is 172 g/mol. The molecule has 0 aromatic heterocycles. The van der Waals surface area contributed by atoms with E-state index in [2.05, 4.69) is 11.8 Å². The third-order valence-corrected chi connectivity index (χ3v) is 4.07. The van der Waals surface area contributed by atoms with E-state index in [0.29, 0.717) is 5.44 Å². The monoisotopic (exact) mass is 172 g/mol. The molecule has 2 aliphatic rings. The molecular formula is C9H16OS. The van der Waals surface area contributed by atoms with Crippen LogP contribution in [0.15, 0.2) is 0 Å². The van der Waals surface area contributed by atoms with Crippen LogP contribution in [-0.4, -0.2) is 17.3 Å². The summed E-state index contributed by atoms with van der Waals surface area (Å²) in [6.45, 7) is 1.00. The van der Waals surface area contributed by atoms with Gasteiger partial charge in [-0.1, -0.05) is 12.8 Å². The van der Waals surface area contributed by atoms with E-state index in [-0.39, 0.29) is 0 Å². The lowest BCUT2D eigenvalue weighted by Gasteiger charge is -2.13. The Balaban J connectivity index is 1.71.